The summed E-state index contributed by atoms with van der Waals surface area (Å²) in [5.41, 5.74) is -0.397. The molecule has 0 heterocycles. The second-order valence-electron chi connectivity index (χ2n) is 5.72. The van der Waals surface area contributed by atoms with E-state index in [0.29, 0.717) is 5.56 Å². The predicted octanol–water partition coefficient (Wildman–Crippen LogP) is 3.44. The number of carbonyl (C=O) groups excluding carboxylic acids is 1. The molecule has 1 fully saturated rings. The molecule has 1 aromatic rings. The van der Waals surface area contributed by atoms with Gasteiger partial charge >= 0.3 is 6.18 Å². The molecule has 6 heteroatoms. The molecule has 1 amide bonds. The van der Waals surface area contributed by atoms with Crippen LogP contribution in [0.2, 0.25) is 0 Å². The van der Waals surface area contributed by atoms with E-state index < -0.39 is 17.8 Å². The van der Waals surface area contributed by atoms with Crippen molar-refractivity contribution in [1.29, 1.82) is 0 Å². The maximum absolute atomic E-state index is 12.5. The molecule has 2 N–H and O–H groups in total. The van der Waals surface area contributed by atoms with Crippen LogP contribution in [0.15, 0.2) is 24.3 Å². The molecule has 0 saturated heterocycles. The Balaban J connectivity index is 1.86. The van der Waals surface area contributed by atoms with Gasteiger partial charge in [0, 0.05) is 12.5 Å². The quantitative estimate of drug-likeness (QED) is 0.894. The summed E-state index contributed by atoms with van der Waals surface area (Å²) in [5, 5.41) is 12.6. The molecular formula is C16H20F3NO2. The smallest absolute Gasteiger partial charge is 0.387 e. The normalized spacial score (nSPS) is 18.0. The third-order valence-corrected chi connectivity index (χ3v) is 4.07. The van der Waals surface area contributed by atoms with Crippen molar-refractivity contribution < 1.29 is 23.1 Å². The fourth-order valence-electron chi connectivity index (χ4n) is 2.72. The van der Waals surface area contributed by atoms with Gasteiger partial charge in [-0.3, -0.25) is 4.79 Å². The summed E-state index contributed by atoms with van der Waals surface area (Å²) in [4.78, 5) is 11.9. The summed E-state index contributed by atoms with van der Waals surface area (Å²) < 4.78 is 37.4. The van der Waals surface area contributed by atoms with Crippen LogP contribution in [0.25, 0.3) is 0 Å². The molecule has 3 nitrogen and oxygen atoms in total. The summed E-state index contributed by atoms with van der Waals surface area (Å²) >= 11 is 0. The number of halogens is 3. The van der Waals surface area contributed by atoms with E-state index in [2.05, 4.69) is 5.32 Å². The van der Waals surface area contributed by atoms with E-state index in [4.69, 9.17) is 0 Å². The Labute approximate surface area is 127 Å². The van der Waals surface area contributed by atoms with Crippen LogP contribution in [-0.2, 0) is 11.0 Å². The Hall–Kier alpha value is -1.56. The summed E-state index contributed by atoms with van der Waals surface area (Å²) in [6.45, 7) is 0.0146. The monoisotopic (exact) mass is 315 g/mol. The Morgan fingerprint density at radius 1 is 1.18 bits per heavy atom. The lowest BCUT2D eigenvalue weighted by Crippen LogP contribution is -2.34. The topological polar surface area (TPSA) is 49.3 Å². The van der Waals surface area contributed by atoms with Gasteiger partial charge < -0.3 is 10.4 Å². The maximum Gasteiger partial charge on any atom is 0.416 e. The van der Waals surface area contributed by atoms with E-state index in [-0.39, 0.29) is 18.4 Å². The van der Waals surface area contributed by atoms with Gasteiger partial charge in [0.25, 0.3) is 0 Å². The number of nitrogens with one attached hydrogen (secondary N) is 1. The first-order chi connectivity index (χ1) is 10.4. The first-order valence-electron chi connectivity index (χ1n) is 7.51. The van der Waals surface area contributed by atoms with Gasteiger partial charge in [-0.15, -0.1) is 0 Å². The average molecular weight is 315 g/mol. The van der Waals surface area contributed by atoms with E-state index in [1.807, 2.05) is 0 Å². The number of rotatable bonds is 4. The van der Waals surface area contributed by atoms with Crippen molar-refractivity contribution >= 4 is 5.91 Å². The molecule has 0 spiro atoms. The Kier molecular flexibility index (Phi) is 5.45. The zero-order valence-corrected chi connectivity index (χ0v) is 12.2. The van der Waals surface area contributed by atoms with Gasteiger partial charge in [0.2, 0.25) is 5.91 Å². The summed E-state index contributed by atoms with van der Waals surface area (Å²) in [6.07, 6.45) is -0.435. The van der Waals surface area contributed by atoms with Crippen LogP contribution in [0.4, 0.5) is 13.2 Å². The maximum atomic E-state index is 12.5. The Morgan fingerprint density at radius 3 is 2.32 bits per heavy atom. The second-order valence-corrected chi connectivity index (χ2v) is 5.72. The van der Waals surface area contributed by atoms with Crippen LogP contribution in [0.3, 0.4) is 0 Å². The molecular weight excluding hydrogens is 295 g/mol. The third kappa shape index (κ3) is 4.47. The molecule has 0 radical (unpaired) electrons. The van der Waals surface area contributed by atoms with E-state index >= 15 is 0 Å². The molecule has 1 saturated carbocycles. The highest BCUT2D eigenvalue weighted by molar-refractivity contribution is 5.78. The van der Waals surface area contributed by atoms with Crippen LogP contribution in [-0.4, -0.2) is 17.6 Å². The molecule has 22 heavy (non-hydrogen) atoms. The second kappa shape index (κ2) is 7.13. The predicted molar refractivity (Wildman–Crippen MR) is 76.0 cm³/mol. The summed E-state index contributed by atoms with van der Waals surface area (Å²) in [7, 11) is 0. The van der Waals surface area contributed by atoms with Crippen molar-refractivity contribution in [3.63, 3.8) is 0 Å². The van der Waals surface area contributed by atoms with Crippen molar-refractivity contribution in [3.8, 4) is 0 Å². The third-order valence-electron chi connectivity index (χ3n) is 4.07. The molecule has 0 aliphatic heterocycles. The first-order valence-corrected chi connectivity index (χ1v) is 7.51. The molecule has 1 atom stereocenters. The largest absolute Gasteiger partial charge is 0.416 e. The van der Waals surface area contributed by atoms with Crippen LogP contribution >= 0.6 is 0 Å². The minimum Gasteiger partial charge on any atom is -0.387 e. The Morgan fingerprint density at radius 2 is 1.77 bits per heavy atom. The highest BCUT2D eigenvalue weighted by atomic mass is 19.4. The molecule has 0 bridgehead atoms. The Bertz CT molecular complexity index is 493. The zero-order valence-electron chi connectivity index (χ0n) is 12.2. The first kappa shape index (κ1) is 16.8. The summed E-state index contributed by atoms with van der Waals surface area (Å²) in [6, 6.07) is 4.34. The minimum atomic E-state index is -4.39. The van der Waals surface area contributed by atoms with Crippen molar-refractivity contribution in [3.05, 3.63) is 35.4 Å². The van der Waals surface area contributed by atoms with Crippen LogP contribution in [0.1, 0.15) is 49.3 Å². The lowest BCUT2D eigenvalue weighted by atomic mass is 9.88. The molecule has 0 aromatic heterocycles. The van der Waals surface area contributed by atoms with E-state index in [0.717, 1.165) is 44.2 Å². The van der Waals surface area contributed by atoms with Crippen molar-refractivity contribution in [2.24, 2.45) is 5.92 Å². The average Bonchev–Trinajstić information content (AvgIpc) is 2.52. The number of carbonyl (C=O) groups is 1. The van der Waals surface area contributed by atoms with Gasteiger partial charge in [0.1, 0.15) is 0 Å². The van der Waals surface area contributed by atoms with Gasteiger partial charge in [0.05, 0.1) is 11.7 Å². The van der Waals surface area contributed by atoms with Gasteiger partial charge in [-0.05, 0) is 30.5 Å². The van der Waals surface area contributed by atoms with Crippen molar-refractivity contribution in [2.75, 3.05) is 6.54 Å². The fraction of sp³-hybridized carbons (Fsp3) is 0.562. The van der Waals surface area contributed by atoms with E-state index in [1.54, 1.807) is 0 Å². The fourth-order valence-corrected chi connectivity index (χ4v) is 2.72. The van der Waals surface area contributed by atoms with Gasteiger partial charge in [-0.25, -0.2) is 0 Å². The molecule has 1 aromatic carbocycles. The van der Waals surface area contributed by atoms with E-state index in [1.165, 1.54) is 12.1 Å². The highest BCUT2D eigenvalue weighted by Crippen LogP contribution is 2.30. The molecule has 2 rings (SSSR count). The number of benzene rings is 1. The molecule has 1 aliphatic carbocycles. The van der Waals surface area contributed by atoms with Crippen LogP contribution in [0, 0.1) is 5.92 Å². The van der Waals surface area contributed by atoms with Gasteiger partial charge in [0.15, 0.2) is 0 Å². The lowest BCUT2D eigenvalue weighted by Gasteiger charge is -2.21. The van der Waals surface area contributed by atoms with Gasteiger partial charge in [-0.1, -0.05) is 31.4 Å². The van der Waals surface area contributed by atoms with Crippen molar-refractivity contribution in [2.45, 2.75) is 44.4 Å². The van der Waals surface area contributed by atoms with Crippen LogP contribution < -0.4 is 5.32 Å². The lowest BCUT2D eigenvalue weighted by molar-refractivity contribution is -0.137. The van der Waals surface area contributed by atoms with Gasteiger partial charge in [-0.2, -0.15) is 13.2 Å². The standard InChI is InChI=1S/C16H20F3NO2/c17-16(18,19)13-8-6-11(7-9-13)14(21)10-20-15(22)12-4-2-1-3-5-12/h6-9,12,14,21H,1-5,10H2,(H,20,22). The number of hydrogen-bond acceptors (Lipinski definition) is 2. The minimum absolute atomic E-state index is 0.00597. The van der Waals surface area contributed by atoms with Crippen molar-refractivity contribution in [1.82, 2.24) is 5.32 Å². The van der Waals surface area contributed by atoms with E-state index in [9.17, 15) is 23.1 Å². The zero-order chi connectivity index (χ0) is 16.2. The molecule has 1 unspecified atom stereocenters. The number of alkyl halides is 3. The SMILES string of the molecule is O=C(NCC(O)c1ccc(C(F)(F)F)cc1)C1CCCCC1. The number of aliphatic hydroxyl groups is 1. The molecule has 122 valence electrons. The number of aliphatic hydroxyl groups excluding tert-OH is 1. The molecule has 1 aliphatic rings. The highest BCUT2D eigenvalue weighted by Gasteiger charge is 2.30. The number of amides is 1. The van der Waals surface area contributed by atoms with Crippen LogP contribution in [0.5, 0.6) is 0 Å². The number of hydrogen-bond donors (Lipinski definition) is 2. The summed E-state index contributed by atoms with van der Waals surface area (Å²) in [5.74, 6) is -0.0841.